The van der Waals surface area contributed by atoms with Crippen molar-refractivity contribution in [3.63, 3.8) is 0 Å². The molecule has 0 fully saturated rings. The lowest BCUT2D eigenvalue weighted by Crippen LogP contribution is -2.11. The fourth-order valence-corrected chi connectivity index (χ4v) is 2.33. The lowest BCUT2D eigenvalue weighted by molar-refractivity contribution is 0.588. The van der Waals surface area contributed by atoms with Crippen LogP contribution in [0.15, 0.2) is 23.1 Å². The van der Waals surface area contributed by atoms with Crippen LogP contribution in [0.2, 0.25) is 0 Å². The lowest BCUT2D eigenvalue weighted by Gasteiger charge is -2.21. The summed E-state index contributed by atoms with van der Waals surface area (Å²) in [5.41, 5.74) is 2.69. The monoisotopic (exact) mass is 247 g/mol. The summed E-state index contributed by atoms with van der Waals surface area (Å²) >= 11 is 1.31. The van der Waals surface area contributed by atoms with Crippen LogP contribution in [-0.2, 0) is 5.41 Å². The van der Waals surface area contributed by atoms with Gasteiger partial charge in [-0.25, -0.2) is 0 Å². The summed E-state index contributed by atoms with van der Waals surface area (Å²) < 4.78 is 0. The van der Waals surface area contributed by atoms with E-state index in [1.807, 2.05) is 6.92 Å². The molecule has 0 radical (unpaired) electrons. The summed E-state index contributed by atoms with van der Waals surface area (Å²) in [6, 6.07) is 6.53. The van der Waals surface area contributed by atoms with E-state index < -0.39 is 0 Å². The van der Waals surface area contributed by atoms with Gasteiger partial charge >= 0.3 is 0 Å². The maximum absolute atomic E-state index is 5.77. The third-order valence-corrected chi connectivity index (χ3v) is 3.44. The molecule has 0 spiro atoms. The Labute approximate surface area is 109 Å². The van der Waals surface area contributed by atoms with Crippen LogP contribution < -0.4 is 5.14 Å². The predicted octanol–water partition coefficient (Wildman–Crippen LogP) is 4.08. The van der Waals surface area contributed by atoms with Gasteiger partial charge in [0.25, 0.3) is 0 Å². The number of rotatable bonds is 2. The first-order valence-electron chi connectivity index (χ1n) is 5.83. The molecule has 1 atom stereocenters. The first kappa shape index (κ1) is 14.2. The number of benzene rings is 1. The summed E-state index contributed by atoms with van der Waals surface area (Å²) in [5.74, 6) is 6.37. The van der Waals surface area contributed by atoms with E-state index in [-0.39, 0.29) is 11.3 Å². The zero-order chi connectivity index (χ0) is 13.1. The van der Waals surface area contributed by atoms with Crippen molar-refractivity contribution in [2.24, 2.45) is 5.14 Å². The molecule has 1 aromatic carbocycles. The third kappa shape index (κ3) is 3.52. The van der Waals surface area contributed by atoms with Crippen molar-refractivity contribution < 1.29 is 0 Å². The highest BCUT2D eigenvalue weighted by Gasteiger charge is 2.16. The highest BCUT2D eigenvalue weighted by molar-refractivity contribution is 7.97. The Kier molecular flexibility index (Phi) is 4.68. The zero-order valence-corrected chi connectivity index (χ0v) is 12.1. The van der Waals surface area contributed by atoms with Gasteiger partial charge in [-0.1, -0.05) is 38.8 Å². The molecule has 1 rings (SSSR count). The topological polar surface area (TPSA) is 26.0 Å². The number of nitrogens with two attached hydrogens (primary N) is 1. The first-order valence-corrected chi connectivity index (χ1v) is 6.71. The Morgan fingerprint density at radius 1 is 1.29 bits per heavy atom. The molecule has 0 aromatic heterocycles. The highest BCUT2D eigenvalue weighted by atomic mass is 32.2. The Bertz CT molecular complexity index is 446. The number of hydrogen-bond acceptors (Lipinski definition) is 2. The summed E-state index contributed by atoms with van der Waals surface area (Å²) in [6.45, 7) is 10.6. The minimum absolute atomic E-state index is 0.155. The quantitative estimate of drug-likeness (QED) is 0.629. The molecule has 1 unspecified atom stereocenters. The van der Waals surface area contributed by atoms with E-state index in [4.69, 9.17) is 5.14 Å². The number of hydrogen-bond donors (Lipinski definition) is 1. The van der Waals surface area contributed by atoms with Crippen LogP contribution in [0.4, 0.5) is 0 Å². The second-order valence-corrected chi connectivity index (χ2v) is 5.91. The van der Waals surface area contributed by atoms with Crippen LogP contribution in [0.3, 0.4) is 0 Å². The van der Waals surface area contributed by atoms with Crippen molar-refractivity contribution in [3.8, 4) is 11.8 Å². The van der Waals surface area contributed by atoms with Crippen LogP contribution in [0.5, 0.6) is 0 Å². The molecule has 1 nitrogen and oxygen atoms in total. The lowest BCUT2D eigenvalue weighted by atomic mass is 9.85. The molecule has 0 heterocycles. The highest BCUT2D eigenvalue weighted by Crippen LogP contribution is 2.31. The molecule has 0 bridgehead atoms. The van der Waals surface area contributed by atoms with Gasteiger partial charge in [-0.2, -0.15) is 0 Å². The second-order valence-electron chi connectivity index (χ2n) is 5.24. The van der Waals surface area contributed by atoms with Crippen LogP contribution in [-0.4, -0.2) is 0 Å². The van der Waals surface area contributed by atoms with Gasteiger partial charge in [0, 0.05) is 10.8 Å². The van der Waals surface area contributed by atoms with Gasteiger partial charge in [0.05, 0.1) is 0 Å². The van der Waals surface area contributed by atoms with E-state index in [2.05, 4.69) is 57.7 Å². The Morgan fingerprint density at radius 3 is 2.41 bits per heavy atom. The van der Waals surface area contributed by atoms with Crippen LogP contribution in [0.25, 0.3) is 0 Å². The minimum Gasteiger partial charge on any atom is -0.274 e. The van der Waals surface area contributed by atoms with Gasteiger partial charge in [0.2, 0.25) is 0 Å². The molecule has 0 aliphatic rings. The van der Waals surface area contributed by atoms with E-state index in [0.717, 1.165) is 4.90 Å². The van der Waals surface area contributed by atoms with Crippen molar-refractivity contribution in [2.75, 3.05) is 0 Å². The zero-order valence-electron chi connectivity index (χ0n) is 11.3. The first-order chi connectivity index (χ1) is 7.90. The van der Waals surface area contributed by atoms with E-state index in [9.17, 15) is 0 Å². The van der Waals surface area contributed by atoms with Crippen molar-refractivity contribution >= 4 is 11.9 Å². The molecule has 2 N–H and O–H groups in total. The fourth-order valence-electron chi connectivity index (χ4n) is 1.75. The van der Waals surface area contributed by atoms with Gasteiger partial charge in [-0.05, 0) is 48.4 Å². The molecule has 0 aliphatic carbocycles. The summed E-state index contributed by atoms with van der Waals surface area (Å²) in [6.07, 6.45) is 0. The summed E-state index contributed by atoms with van der Waals surface area (Å²) in [5, 5.41) is 5.77. The second kappa shape index (κ2) is 5.62. The standard InChI is InChI=1S/C15H21NS/c1-6-7-11(2)13-9-8-12(15(3,4)5)10-14(13)17-16/h8-11H,16H2,1-5H3. The predicted molar refractivity (Wildman–Crippen MR) is 77.1 cm³/mol. The molecule has 0 amide bonds. The molecule has 0 saturated carbocycles. The summed E-state index contributed by atoms with van der Waals surface area (Å²) in [4.78, 5) is 1.13. The Morgan fingerprint density at radius 2 is 1.94 bits per heavy atom. The molecule has 1 aromatic rings. The largest absolute Gasteiger partial charge is 0.274 e. The minimum atomic E-state index is 0.155. The maximum atomic E-state index is 5.77. The molecule has 17 heavy (non-hydrogen) atoms. The van der Waals surface area contributed by atoms with E-state index in [0.29, 0.717) is 0 Å². The van der Waals surface area contributed by atoms with Crippen LogP contribution in [0.1, 0.15) is 51.7 Å². The van der Waals surface area contributed by atoms with Gasteiger partial charge in [0.1, 0.15) is 0 Å². The molecule has 2 heteroatoms. The summed E-state index contributed by atoms with van der Waals surface area (Å²) in [7, 11) is 0. The van der Waals surface area contributed by atoms with Gasteiger partial charge < -0.3 is 0 Å². The molecule has 0 aliphatic heterocycles. The maximum Gasteiger partial charge on any atom is 0.0435 e. The van der Waals surface area contributed by atoms with Gasteiger partial charge in [-0.3, -0.25) is 5.14 Å². The van der Waals surface area contributed by atoms with Crippen molar-refractivity contribution in [1.82, 2.24) is 0 Å². The SMILES string of the molecule is CC#CC(C)c1ccc(C(C)(C)C)cc1SN. The smallest absolute Gasteiger partial charge is 0.0435 e. The molecule has 0 saturated heterocycles. The van der Waals surface area contributed by atoms with Gasteiger partial charge in [-0.15, -0.1) is 5.92 Å². The Balaban J connectivity index is 3.22. The molecular weight excluding hydrogens is 226 g/mol. The average Bonchev–Trinajstić information content (AvgIpc) is 2.27. The van der Waals surface area contributed by atoms with E-state index >= 15 is 0 Å². The molecular formula is C15H21NS. The normalized spacial score (nSPS) is 12.8. The third-order valence-electron chi connectivity index (χ3n) is 2.83. The van der Waals surface area contributed by atoms with Gasteiger partial charge in [0.15, 0.2) is 0 Å². The van der Waals surface area contributed by atoms with Crippen molar-refractivity contribution in [3.05, 3.63) is 29.3 Å². The van der Waals surface area contributed by atoms with Crippen molar-refractivity contribution in [2.45, 2.75) is 50.8 Å². The van der Waals surface area contributed by atoms with Crippen LogP contribution >= 0.6 is 11.9 Å². The van der Waals surface area contributed by atoms with Crippen molar-refractivity contribution in [1.29, 1.82) is 0 Å². The Hall–Kier alpha value is -0.910. The van der Waals surface area contributed by atoms with Crippen LogP contribution in [0, 0.1) is 11.8 Å². The van der Waals surface area contributed by atoms with E-state index in [1.54, 1.807) is 0 Å². The fraction of sp³-hybridized carbons (Fsp3) is 0.467. The van der Waals surface area contributed by atoms with E-state index in [1.165, 1.54) is 23.1 Å². The molecule has 92 valence electrons. The average molecular weight is 247 g/mol.